The quantitative estimate of drug-likeness (QED) is 0.730. The molecule has 17 heavy (non-hydrogen) atoms. The Kier molecular flexibility index (Phi) is 2.57. The molecule has 2 aliphatic heterocycles. The number of hydrogen-bond acceptors (Lipinski definition) is 4. The van der Waals surface area contributed by atoms with Crippen LogP contribution >= 0.6 is 0 Å². The van der Waals surface area contributed by atoms with Gasteiger partial charge in [0.2, 0.25) is 0 Å². The van der Waals surface area contributed by atoms with E-state index in [-0.39, 0.29) is 12.1 Å². The van der Waals surface area contributed by atoms with Gasteiger partial charge in [0, 0.05) is 6.42 Å². The molecule has 88 valence electrons. The molecule has 0 bridgehead atoms. The summed E-state index contributed by atoms with van der Waals surface area (Å²) >= 11 is 0. The van der Waals surface area contributed by atoms with Gasteiger partial charge in [-0.05, 0) is 12.1 Å². The molecule has 1 aromatic rings. The number of fused-ring (bicyclic) bond motifs is 1. The van der Waals surface area contributed by atoms with Gasteiger partial charge in [0.25, 0.3) is 0 Å². The summed E-state index contributed by atoms with van der Waals surface area (Å²) in [6.45, 7) is 0.949. The Hall–Kier alpha value is -1.81. The fourth-order valence-electron chi connectivity index (χ4n) is 1.99. The van der Waals surface area contributed by atoms with E-state index in [1.54, 1.807) is 24.3 Å². The van der Waals surface area contributed by atoms with E-state index in [2.05, 4.69) is 0 Å². The molecular weight excluding hydrogens is 220 g/mol. The predicted octanol–water partition coefficient (Wildman–Crippen LogP) is 1.87. The second-order valence-corrected chi connectivity index (χ2v) is 3.98. The molecule has 3 rings (SSSR count). The lowest BCUT2D eigenvalue weighted by molar-refractivity contribution is 0.0543. The first-order valence-corrected chi connectivity index (χ1v) is 5.59. The topological polar surface area (TPSA) is 44.8 Å². The summed E-state index contributed by atoms with van der Waals surface area (Å²) in [5.41, 5.74) is 0.530. The molecule has 2 heterocycles. The zero-order valence-electron chi connectivity index (χ0n) is 9.22. The van der Waals surface area contributed by atoms with Crippen LogP contribution in [0.15, 0.2) is 41.9 Å². The Bertz CT molecular complexity index is 464. The maximum absolute atomic E-state index is 11.8. The lowest BCUT2D eigenvalue weighted by Crippen LogP contribution is -2.07. The Labute approximate surface area is 98.8 Å². The Balaban J connectivity index is 1.76. The van der Waals surface area contributed by atoms with Crippen molar-refractivity contribution < 1.29 is 19.0 Å². The van der Waals surface area contributed by atoms with Crippen LogP contribution in [-0.4, -0.2) is 25.3 Å². The first-order valence-electron chi connectivity index (χ1n) is 5.59. The van der Waals surface area contributed by atoms with Gasteiger partial charge in [-0.25, -0.2) is 4.79 Å². The predicted molar refractivity (Wildman–Crippen MR) is 59.2 cm³/mol. The largest absolute Gasteiger partial charge is 0.491 e. The maximum Gasteiger partial charge on any atom is 0.343 e. The molecule has 2 aliphatic rings. The summed E-state index contributed by atoms with van der Waals surface area (Å²) in [5, 5.41) is 0. The Morgan fingerprint density at radius 2 is 2.12 bits per heavy atom. The number of benzene rings is 1. The highest BCUT2D eigenvalue weighted by Crippen LogP contribution is 2.31. The van der Waals surface area contributed by atoms with Gasteiger partial charge in [0.15, 0.2) is 11.5 Å². The van der Waals surface area contributed by atoms with Crippen molar-refractivity contribution in [1.29, 1.82) is 0 Å². The van der Waals surface area contributed by atoms with E-state index in [1.165, 1.54) is 0 Å². The third kappa shape index (κ3) is 1.91. The van der Waals surface area contributed by atoms with Gasteiger partial charge in [-0.15, -0.1) is 0 Å². The van der Waals surface area contributed by atoms with Gasteiger partial charge in [0.1, 0.15) is 12.7 Å². The average Bonchev–Trinajstić information content (AvgIpc) is 2.95. The van der Waals surface area contributed by atoms with Crippen molar-refractivity contribution in [2.75, 3.05) is 13.2 Å². The lowest BCUT2D eigenvalue weighted by atomic mass is 10.2. The van der Waals surface area contributed by atoms with Crippen LogP contribution < -0.4 is 0 Å². The van der Waals surface area contributed by atoms with Gasteiger partial charge >= 0.3 is 5.97 Å². The Morgan fingerprint density at radius 3 is 2.94 bits per heavy atom. The third-order valence-corrected chi connectivity index (χ3v) is 2.85. The second kappa shape index (κ2) is 4.22. The fourth-order valence-corrected chi connectivity index (χ4v) is 1.99. The zero-order valence-corrected chi connectivity index (χ0v) is 9.22. The molecule has 0 aliphatic carbocycles. The molecule has 1 saturated heterocycles. The standard InChI is InChI=1S/C13H12O4/c14-13(9-4-2-1-3-5-9)17-11-8-16-10-6-7-15-12(10)11/h1-5,10H,6-8H2/t10-/m0/s1. The van der Waals surface area contributed by atoms with Crippen molar-refractivity contribution in [1.82, 2.24) is 0 Å². The number of esters is 1. The molecule has 0 amide bonds. The molecule has 0 unspecified atom stereocenters. The molecule has 4 nitrogen and oxygen atoms in total. The van der Waals surface area contributed by atoms with E-state index in [9.17, 15) is 4.79 Å². The molecule has 0 aromatic heterocycles. The molecule has 4 heteroatoms. The van der Waals surface area contributed by atoms with Gasteiger partial charge in [-0.2, -0.15) is 0 Å². The molecule has 0 spiro atoms. The van der Waals surface area contributed by atoms with Crippen LogP contribution in [0.5, 0.6) is 0 Å². The normalized spacial score (nSPS) is 22.2. The van der Waals surface area contributed by atoms with Crippen molar-refractivity contribution in [3.63, 3.8) is 0 Å². The van der Waals surface area contributed by atoms with Crippen LogP contribution in [0.1, 0.15) is 16.8 Å². The molecule has 0 radical (unpaired) electrons. The molecular formula is C13H12O4. The summed E-state index contributed by atoms with van der Waals surface area (Å²) < 4.78 is 16.2. The van der Waals surface area contributed by atoms with Crippen molar-refractivity contribution in [3.8, 4) is 0 Å². The highest BCUT2D eigenvalue weighted by Gasteiger charge is 2.35. The van der Waals surface area contributed by atoms with Crippen LogP contribution in [0.2, 0.25) is 0 Å². The minimum atomic E-state index is -0.368. The third-order valence-electron chi connectivity index (χ3n) is 2.85. The van der Waals surface area contributed by atoms with Crippen molar-refractivity contribution >= 4 is 5.97 Å². The average molecular weight is 232 g/mol. The summed E-state index contributed by atoms with van der Waals surface area (Å²) in [4.78, 5) is 11.8. The summed E-state index contributed by atoms with van der Waals surface area (Å²) in [6.07, 6.45) is 0.815. The van der Waals surface area contributed by atoms with Gasteiger partial charge < -0.3 is 14.2 Å². The number of hydrogen-bond donors (Lipinski definition) is 0. The molecule has 0 saturated carbocycles. The molecule has 1 atom stereocenters. The van der Waals surface area contributed by atoms with Gasteiger partial charge in [-0.1, -0.05) is 18.2 Å². The van der Waals surface area contributed by atoms with E-state index >= 15 is 0 Å². The summed E-state index contributed by atoms with van der Waals surface area (Å²) in [6, 6.07) is 8.89. The van der Waals surface area contributed by atoms with E-state index in [0.29, 0.717) is 30.3 Å². The number of rotatable bonds is 2. The molecule has 1 fully saturated rings. The number of ether oxygens (including phenoxy) is 3. The van der Waals surface area contributed by atoms with E-state index in [4.69, 9.17) is 14.2 Å². The Morgan fingerprint density at radius 1 is 1.29 bits per heavy atom. The van der Waals surface area contributed by atoms with E-state index < -0.39 is 0 Å². The van der Waals surface area contributed by atoms with Crippen LogP contribution in [0, 0.1) is 0 Å². The summed E-state index contributed by atoms with van der Waals surface area (Å²) in [7, 11) is 0. The van der Waals surface area contributed by atoms with Crippen LogP contribution in [0.4, 0.5) is 0 Å². The highest BCUT2D eigenvalue weighted by atomic mass is 16.6. The lowest BCUT2D eigenvalue weighted by Gasteiger charge is -2.05. The van der Waals surface area contributed by atoms with Gasteiger partial charge in [-0.3, -0.25) is 0 Å². The van der Waals surface area contributed by atoms with Crippen molar-refractivity contribution in [2.45, 2.75) is 12.5 Å². The minimum absolute atomic E-state index is 0.0198. The fraction of sp³-hybridized carbons (Fsp3) is 0.308. The molecule has 0 N–H and O–H groups in total. The smallest absolute Gasteiger partial charge is 0.343 e. The van der Waals surface area contributed by atoms with Crippen LogP contribution in [-0.2, 0) is 14.2 Å². The van der Waals surface area contributed by atoms with E-state index in [1.807, 2.05) is 6.07 Å². The maximum atomic E-state index is 11.8. The number of carbonyl (C=O) groups is 1. The van der Waals surface area contributed by atoms with Crippen molar-refractivity contribution in [2.24, 2.45) is 0 Å². The van der Waals surface area contributed by atoms with Crippen LogP contribution in [0.3, 0.4) is 0 Å². The SMILES string of the molecule is O=C(OC1=C2OCC[C@@H]2OC1)c1ccccc1. The van der Waals surface area contributed by atoms with Crippen LogP contribution in [0.25, 0.3) is 0 Å². The monoisotopic (exact) mass is 232 g/mol. The second-order valence-electron chi connectivity index (χ2n) is 3.98. The molecule has 1 aromatic carbocycles. The van der Waals surface area contributed by atoms with E-state index in [0.717, 1.165) is 6.42 Å². The van der Waals surface area contributed by atoms with Crippen molar-refractivity contribution in [3.05, 3.63) is 47.4 Å². The minimum Gasteiger partial charge on any atom is -0.491 e. The first kappa shape index (κ1) is 10.4. The summed E-state index contributed by atoms with van der Waals surface area (Å²) in [5.74, 6) is 0.837. The first-order chi connectivity index (χ1) is 8.34. The zero-order chi connectivity index (χ0) is 11.7. The van der Waals surface area contributed by atoms with Gasteiger partial charge in [0.05, 0.1) is 12.2 Å². The highest BCUT2D eigenvalue weighted by molar-refractivity contribution is 5.90. The number of carbonyl (C=O) groups excluding carboxylic acids is 1.